The largest absolute Gasteiger partial charge is 0.508 e. The third kappa shape index (κ3) is 1.78. The Hall–Kier alpha value is -2.22. The van der Waals surface area contributed by atoms with E-state index < -0.39 is 5.60 Å². The Bertz CT molecular complexity index is 517. The first-order valence-electron chi connectivity index (χ1n) is 5.16. The normalized spacial score (nSPS) is 17.0. The number of benzene rings is 1. The number of phenols is 1. The van der Waals surface area contributed by atoms with E-state index >= 15 is 0 Å². The molecule has 1 heterocycles. The third-order valence-corrected chi connectivity index (χ3v) is 2.59. The molecule has 5 heteroatoms. The SMILES string of the molecule is CC1(C)Oc2ccc(O)cc2N(CC#N)C1=O. The number of fused-ring (bicyclic) bond motifs is 1. The molecule has 1 aromatic carbocycles. The first kappa shape index (κ1) is 11.3. The second kappa shape index (κ2) is 3.67. The maximum atomic E-state index is 12.1. The zero-order valence-electron chi connectivity index (χ0n) is 9.60. The molecule has 1 aliphatic rings. The van der Waals surface area contributed by atoms with E-state index in [1.807, 2.05) is 6.07 Å². The van der Waals surface area contributed by atoms with Crippen LogP contribution < -0.4 is 9.64 Å². The van der Waals surface area contributed by atoms with Crippen LogP contribution in [0.3, 0.4) is 0 Å². The molecule has 1 N–H and O–H groups in total. The zero-order chi connectivity index (χ0) is 12.6. The van der Waals surface area contributed by atoms with Gasteiger partial charge in [0, 0.05) is 6.07 Å². The van der Waals surface area contributed by atoms with E-state index in [4.69, 9.17) is 10.00 Å². The zero-order valence-corrected chi connectivity index (χ0v) is 9.60. The van der Waals surface area contributed by atoms with Gasteiger partial charge in [-0.15, -0.1) is 0 Å². The number of hydrogen-bond acceptors (Lipinski definition) is 4. The molecule has 0 unspecified atom stereocenters. The average Bonchev–Trinajstić information content (AvgIpc) is 2.26. The molecule has 0 saturated heterocycles. The fraction of sp³-hybridized carbons (Fsp3) is 0.333. The molecule has 0 aromatic heterocycles. The van der Waals surface area contributed by atoms with Gasteiger partial charge < -0.3 is 9.84 Å². The van der Waals surface area contributed by atoms with Gasteiger partial charge in [-0.3, -0.25) is 9.69 Å². The van der Waals surface area contributed by atoms with Crippen LogP contribution >= 0.6 is 0 Å². The van der Waals surface area contributed by atoms with Crippen LogP contribution in [0.5, 0.6) is 11.5 Å². The van der Waals surface area contributed by atoms with Crippen LogP contribution in [0.25, 0.3) is 0 Å². The van der Waals surface area contributed by atoms with Crippen molar-refractivity contribution in [3.63, 3.8) is 0 Å². The fourth-order valence-electron chi connectivity index (χ4n) is 1.78. The van der Waals surface area contributed by atoms with Crippen LogP contribution in [-0.2, 0) is 4.79 Å². The lowest BCUT2D eigenvalue weighted by Gasteiger charge is -2.37. The van der Waals surface area contributed by atoms with E-state index in [2.05, 4.69) is 0 Å². The first-order valence-corrected chi connectivity index (χ1v) is 5.16. The smallest absolute Gasteiger partial charge is 0.271 e. The van der Waals surface area contributed by atoms with Crippen molar-refractivity contribution in [1.29, 1.82) is 5.26 Å². The van der Waals surface area contributed by atoms with Gasteiger partial charge in [0.15, 0.2) is 5.60 Å². The van der Waals surface area contributed by atoms with Gasteiger partial charge in [-0.05, 0) is 26.0 Å². The number of amides is 1. The highest BCUT2D eigenvalue weighted by atomic mass is 16.5. The number of nitrogens with zero attached hydrogens (tertiary/aromatic N) is 2. The monoisotopic (exact) mass is 232 g/mol. The van der Waals surface area contributed by atoms with E-state index in [1.165, 1.54) is 17.0 Å². The molecule has 1 aromatic rings. The molecule has 2 rings (SSSR count). The summed E-state index contributed by atoms with van der Waals surface area (Å²) >= 11 is 0. The highest BCUT2D eigenvalue weighted by Gasteiger charge is 2.40. The molecule has 1 amide bonds. The lowest BCUT2D eigenvalue weighted by molar-refractivity contribution is -0.132. The molecule has 0 atom stereocenters. The second-order valence-corrected chi connectivity index (χ2v) is 4.31. The number of carbonyl (C=O) groups is 1. The average molecular weight is 232 g/mol. The first-order chi connectivity index (χ1) is 7.95. The van der Waals surface area contributed by atoms with Crippen molar-refractivity contribution in [3.05, 3.63) is 18.2 Å². The maximum absolute atomic E-state index is 12.1. The summed E-state index contributed by atoms with van der Waals surface area (Å²) in [5, 5.41) is 18.2. The van der Waals surface area contributed by atoms with Crippen LogP contribution in [0.2, 0.25) is 0 Å². The Morgan fingerprint density at radius 1 is 1.53 bits per heavy atom. The Labute approximate surface area is 98.8 Å². The molecule has 0 aliphatic carbocycles. The van der Waals surface area contributed by atoms with E-state index in [0.29, 0.717) is 11.4 Å². The topological polar surface area (TPSA) is 73.6 Å². The predicted molar refractivity (Wildman–Crippen MR) is 60.8 cm³/mol. The molecule has 0 bridgehead atoms. The molecule has 5 nitrogen and oxygen atoms in total. The van der Waals surface area contributed by atoms with Crippen molar-refractivity contribution < 1.29 is 14.6 Å². The molecular weight excluding hydrogens is 220 g/mol. The number of nitriles is 1. The molecular formula is C12H12N2O3. The minimum Gasteiger partial charge on any atom is -0.508 e. The summed E-state index contributed by atoms with van der Waals surface area (Å²) in [7, 11) is 0. The molecule has 0 saturated carbocycles. The van der Waals surface area contributed by atoms with Gasteiger partial charge in [-0.25, -0.2) is 0 Å². The summed E-state index contributed by atoms with van der Waals surface area (Å²) in [5.74, 6) is 0.225. The predicted octanol–water partition coefficient (Wildman–Crippen LogP) is 1.42. The summed E-state index contributed by atoms with van der Waals surface area (Å²) in [6.45, 7) is 3.23. The van der Waals surface area contributed by atoms with E-state index in [0.717, 1.165) is 0 Å². The van der Waals surface area contributed by atoms with Gasteiger partial charge in [0.25, 0.3) is 5.91 Å². The van der Waals surface area contributed by atoms with Crippen molar-refractivity contribution >= 4 is 11.6 Å². The number of anilines is 1. The summed E-state index contributed by atoms with van der Waals surface area (Å²) in [6, 6.07) is 6.42. The Kier molecular flexibility index (Phi) is 2.43. The number of aromatic hydroxyl groups is 1. The summed E-state index contributed by atoms with van der Waals surface area (Å²) < 4.78 is 5.55. The molecule has 88 valence electrons. The Morgan fingerprint density at radius 2 is 2.24 bits per heavy atom. The lowest BCUT2D eigenvalue weighted by atomic mass is 10.0. The summed E-state index contributed by atoms with van der Waals surface area (Å²) in [4.78, 5) is 13.4. The highest BCUT2D eigenvalue weighted by Crippen LogP contribution is 2.39. The molecule has 17 heavy (non-hydrogen) atoms. The summed E-state index contributed by atoms with van der Waals surface area (Å²) in [6.07, 6.45) is 0. The minimum atomic E-state index is -0.999. The van der Waals surface area contributed by atoms with Gasteiger partial charge in [0.1, 0.15) is 18.0 Å². The number of phenolic OH excluding ortho intramolecular Hbond substituents is 1. The van der Waals surface area contributed by atoms with Crippen molar-refractivity contribution in [2.24, 2.45) is 0 Å². The van der Waals surface area contributed by atoms with E-state index in [9.17, 15) is 9.90 Å². The maximum Gasteiger partial charge on any atom is 0.271 e. The summed E-state index contributed by atoms with van der Waals surface area (Å²) in [5.41, 5.74) is -0.572. The molecule has 0 spiro atoms. The van der Waals surface area contributed by atoms with Crippen LogP contribution in [0.15, 0.2) is 18.2 Å². The minimum absolute atomic E-state index is 0.0304. The van der Waals surface area contributed by atoms with Crippen LogP contribution in [0.4, 0.5) is 5.69 Å². The molecule has 0 radical (unpaired) electrons. The van der Waals surface area contributed by atoms with Gasteiger partial charge in [0.2, 0.25) is 0 Å². The van der Waals surface area contributed by atoms with Crippen molar-refractivity contribution in [3.8, 4) is 17.6 Å². The van der Waals surface area contributed by atoms with Crippen molar-refractivity contribution in [2.45, 2.75) is 19.4 Å². The second-order valence-electron chi connectivity index (χ2n) is 4.31. The van der Waals surface area contributed by atoms with Gasteiger partial charge in [-0.2, -0.15) is 5.26 Å². The highest BCUT2D eigenvalue weighted by molar-refractivity contribution is 6.02. The van der Waals surface area contributed by atoms with Crippen molar-refractivity contribution in [2.75, 3.05) is 11.4 Å². The van der Waals surface area contributed by atoms with E-state index in [1.54, 1.807) is 19.9 Å². The van der Waals surface area contributed by atoms with Gasteiger partial charge in [0.05, 0.1) is 11.8 Å². The molecule has 1 aliphatic heterocycles. The molecule has 0 fully saturated rings. The number of carbonyl (C=O) groups excluding carboxylic acids is 1. The number of rotatable bonds is 1. The van der Waals surface area contributed by atoms with Crippen molar-refractivity contribution in [1.82, 2.24) is 0 Å². The number of ether oxygens (including phenoxy) is 1. The van der Waals surface area contributed by atoms with Gasteiger partial charge in [-0.1, -0.05) is 0 Å². The number of hydrogen-bond donors (Lipinski definition) is 1. The lowest BCUT2D eigenvalue weighted by Crippen LogP contribution is -2.52. The third-order valence-electron chi connectivity index (χ3n) is 2.59. The van der Waals surface area contributed by atoms with Gasteiger partial charge >= 0.3 is 0 Å². The fourth-order valence-corrected chi connectivity index (χ4v) is 1.78. The van der Waals surface area contributed by atoms with Crippen LogP contribution in [0.1, 0.15) is 13.8 Å². The standard InChI is InChI=1S/C12H12N2O3/c1-12(2)11(16)14(6-5-13)9-7-8(15)3-4-10(9)17-12/h3-4,7,15H,6H2,1-2H3. The quantitative estimate of drug-likeness (QED) is 0.743. The Balaban J connectivity index is 2.55. The van der Waals surface area contributed by atoms with Crippen LogP contribution in [-0.4, -0.2) is 23.2 Å². The van der Waals surface area contributed by atoms with E-state index in [-0.39, 0.29) is 18.2 Å². The van der Waals surface area contributed by atoms with Crippen LogP contribution in [0, 0.1) is 11.3 Å². The Morgan fingerprint density at radius 3 is 2.88 bits per heavy atom.